The Morgan fingerprint density at radius 3 is 2.44 bits per heavy atom. The SMILES string of the molecule is CS(=O)(=O)CC(C(=O)O)c1ccccc1Cl. The second-order valence-electron chi connectivity index (χ2n) is 3.50. The van der Waals surface area contributed by atoms with Crippen molar-refractivity contribution in [3.8, 4) is 0 Å². The van der Waals surface area contributed by atoms with E-state index in [0.717, 1.165) is 6.26 Å². The number of hydrogen-bond acceptors (Lipinski definition) is 3. The highest BCUT2D eigenvalue weighted by molar-refractivity contribution is 7.90. The summed E-state index contributed by atoms with van der Waals surface area (Å²) >= 11 is 5.83. The molecule has 4 nitrogen and oxygen atoms in total. The molecule has 0 fully saturated rings. The lowest BCUT2D eigenvalue weighted by Crippen LogP contribution is -2.21. The van der Waals surface area contributed by atoms with Crippen LogP contribution in [0.5, 0.6) is 0 Å². The summed E-state index contributed by atoms with van der Waals surface area (Å²) in [6.07, 6.45) is 1.000. The second-order valence-corrected chi connectivity index (χ2v) is 6.10. The predicted molar refractivity (Wildman–Crippen MR) is 61.5 cm³/mol. The van der Waals surface area contributed by atoms with Crippen molar-refractivity contribution in [1.29, 1.82) is 0 Å². The lowest BCUT2D eigenvalue weighted by Gasteiger charge is -2.12. The van der Waals surface area contributed by atoms with Gasteiger partial charge >= 0.3 is 5.97 Å². The highest BCUT2D eigenvalue weighted by atomic mass is 35.5. The summed E-state index contributed by atoms with van der Waals surface area (Å²) in [6.45, 7) is 0. The minimum Gasteiger partial charge on any atom is -0.481 e. The van der Waals surface area contributed by atoms with Gasteiger partial charge in [0, 0.05) is 11.3 Å². The van der Waals surface area contributed by atoms with E-state index in [4.69, 9.17) is 16.7 Å². The first kappa shape index (κ1) is 13.0. The van der Waals surface area contributed by atoms with E-state index in [1.54, 1.807) is 12.1 Å². The average Bonchev–Trinajstić information content (AvgIpc) is 2.13. The molecule has 0 aliphatic rings. The molecule has 0 heterocycles. The van der Waals surface area contributed by atoms with Crippen molar-refractivity contribution in [1.82, 2.24) is 0 Å². The van der Waals surface area contributed by atoms with Crippen LogP contribution in [0.25, 0.3) is 0 Å². The molecular formula is C10H11ClO4S. The van der Waals surface area contributed by atoms with Gasteiger partial charge in [-0.15, -0.1) is 0 Å². The summed E-state index contributed by atoms with van der Waals surface area (Å²) in [5.74, 6) is -2.77. The number of benzene rings is 1. The van der Waals surface area contributed by atoms with Crippen molar-refractivity contribution < 1.29 is 18.3 Å². The van der Waals surface area contributed by atoms with Crippen molar-refractivity contribution in [2.75, 3.05) is 12.0 Å². The Morgan fingerprint density at radius 2 is 2.00 bits per heavy atom. The first-order valence-electron chi connectivity index (χ1n) is 4.46. The average molecular weight is 263 g/mol. The largest absolute Gasteiger partial charge is 0.481 e. The van der Waals surface area contributed by atoms with Crippen LogP contribution in [-0.2, 0) is 14.6 Å². The van der Waals surface area contributed by atoms with Gasteiger partial charge in [-0.2, -0.15) is 0 Å². The Labute approximate surface area is 98.8 Å². The topological polar surface area (TPSA) is 71.4 Å². The normalized spacial score (nSPS) is 13.4. The third-order valence-corrected chi connectivity index (χ3v) is 3.33. The van der Waals surface area contributed by atoms with Gasteiger partial charge in [0.15, 0.2) is 0 Å². The Balaban J connectivity index is 3.14. The van der Waals surface area contributed by atoms with Crippen molar-refractivity contribution in [2.45, 2.75) is 5.92 Å². The first-order chi connectivity index (χ1) is 7.31. The minimum absolute atomic E-state index is 0.263. The quantitative estimate of drug-likeness (QED) is 0.894. The minimum atomic E-state index is -3.37. The lowest BCUT2D eigenvalue weighted by molar-refractivity contribution is -0.138. The molecule has 1 aromatic carbocycles. The van der Waals surface area contributed by atoms with E-state index in [1.165, 1.54) is 12.1 Å². The van der Waals surface area contributed by atoms with Crippen molar-refractivity contribution in [3.05, 3.63) is 34.9 Å². The molecule has 0 saturated heterocycles. The van der Waals surface area contributed by atoms with Gasteiger partial charge in [0.1, 0.15) is 9.84 Å². The summed E-state index contributed by atoms with van der Waals surface area (Å²) in [4.78, 5) is 11.0. The van der Waals surface area contributed by atoms with Gasteiger partial charge in [-0.25, -0.2) is 8.42 Å². The fourth-order valence-corrected chi connectivity index (χ4v) is 2.55. The number of hydrogen-bond donors (Lipinski definition) is 1. The molecule has 1 aromatic rings. The Morgan fingerprint density at radius 1 is 1.44 bits per heavy atom. The van der Waals surface area contributed by atoms with Crippen LogP contribution in [0.3, 0.4) is 0 Å². The maximum Gasteiger partial charge on any atom is 0.312 e. The highest BCUT2D eigenvalue weighted by Gasteiger charge is 2.26. The monoisotopic (exact) mass is 262 g/mol. The second kappa shape index (κ2) is 4.84. The molecule has 88 valence electrons. The molecule has 0 saturated carbocycles. The van der Waals surface area contributed by atoms with Crippen molar-refractivity contribution in [2.24, 2.45) is 0 Å². The van der Waals surface area contributed by atoms with Crippen LogP contribution in [0.1, 0.15) is 11.5 Å². The number of rotatable bonds is 4. The van der Waals surface area contributed by atoms with Crippen molar-refractivity contribution >= 4 is 27.4 Å². The first-order valence-corrected chi connectivity index (χ1v) is 6.90. The van der Waals surface area contributed by atoms with E-state index in [9.17, 15) is 13.2 Å². The summed E-state index contributed by atoms with van der Waals surface area (Å²) in [5, 5.41) is 9.25. The van der Waals surface area contributed by atoms with Gasteiger partial charge in [0.05, 0.1) is 11.7 Å². The molecule has 1 rings (SSSR count). The van der Waals surface area contributed by atoms with E-state index in [1.807, 2.05) is 0 Å². The zero-order chi connectivity index (χ0) is 12.3. The number of sulfone groups is 1. The third kappa shape index (κ3) is 3.50. The van der Waals surface area contributed by atoms with E-state index in [2.05, 4.69) is 0 Å². The van der Waals surface area contributed by atoms with Crippen molar-refractivity contribution in [3.63, 3.8) is 0 Å². The highest BCUT2D eigenvalue weighted by Crippen LogP contribution is 2.25. The number of aliphatic carboxylic acids is 1. The van der Waals surface area contributed by atoms with Crippen LogP contribution in [-0.4, -0.2) is 31.5 Å². The Hall–Kier alpha value is -1.07. The van der Waals surface area contributed by atoms with Crippen LogP contribution in [0, 0.1) is 0 Å². The number of halogens is 1. The fraction of sp³-hybridized carbons (Fsp3) is 0.300. The van der Waals surface area contributed by atoms with Gasteiger partial charge in [0.2, 0.25) is 0 Å². The van der Waals surface area contributed by atoms with Gasteiger partial charge in [-0.3, -0.25) is 4.79 Å². The van der Waals surface area contributed by atoms with E-state index in [-0.39, 0.29) is 5.02 Å². The molecule has 0 aromatic heterocycles. The van der Waals surface area contributed by atoms with Crippen LogP contribution < -0.4 is 0 Å². The maximum atomic E-state index is 11.1. The fourth-order valence-electron chi connectivity index (χ4n) is 1.35. The van der Waals surface area contributed by atoms with Gasteiger partial charge < -0.3 is 5.11 Å². The van der Waals surface area contributed by atoms with Crippen LogP contribution in [0.15, 0.2) is 24.3 Å². The summed E-state index contributed by atoms with van der Waals surface area (Å²) < 4.78 is 22.2. The molecule has 6 heteroatoms. The molecule has 1 N–H and O–H groups in total. The molecule has 1 atom stereocenters. The molecule has 16 heavy (non-hydrogen) atoms. The summed E-state index contributed by atoms with van der Waals surface area (Å²) in [7, 11) is -3.37. The lowest BCUT2D eigenvalue weighted by atomic mass is 10.0. The molecule has 0 bridgehead atoms. The third-order valence-electron chi connectivity index (χ3n) is 2.05. The zero-order valence-electron chi connectivity index (χ0n) is 8.55. The zero-order valence-corrected chi connectivity index (χ0v) is 10.1. The molecule has 0 radical (unpaired) electrons. The molecule has 0 aliphatic heterocycles. The van der Waals surface area contributed by atoms with E-state index >= 15 is 0 Å². The maximum absolute atomic E-state index is 11.1. The van der Waals surface area contributed by atoms with Gasteiger partial charge in [-0.05, 0) is 11.6 Å². The standard InChI is InChI=1S/C10H11ClO4S/c1-16(14,15)6-8(10(12)13)7-4-2-3-5-9(7)11/h2-5,8H,6H2,1H3,(H,12,13). The van der Waals surface area contributed by atoms with Gasteiger partial charge in [0.25, 0.3) is 0 Å². The molecule has 0 amide bonds. The van der Waals surface area contributed by atoms with Crippen LogP contribution in [0.4, 0.5) is 0 Å². The van der Waals surface area contributed by atoms with Crippen LogP contribution in [0.2, 0.25) is 5.02 Å². The number of carboxylic acids is 1. The molecule has 0 spiro atoms. The number of carboxylic acid groups (broad SMARTS) is 1. The number of carbonyl (C=O) groups is 1. The van der Waals surface area contributed by atoms with E-state index < -0.39 is 27.5 Å². The smallest absolute Gasteiger partial charge is 0.312 e. The predicted octanol–water partition coefficient (Wildman–Crippen LogP) is 1.55. The van der Waals surface area contributed by atoms with Crippen LogP contribution >= 0.6 is 11.6 Å². The Bertz CT molecular complexity index is 495. The summed E-state index contributed by atoms with van der Waals surface area (Å²) in [5.41, 5.74) is 0.321. The molecule has 0 aliphatic carbocycles. The summed E-state index contributed by atoms with van der Waals surface area (Å²) in [6, 6.07) is 6.34. The van der Waals surface area contributed by atoms with E-state index in [0.29, 0.717) is 5.56 Å². The van der Waals surface area contributed by atoms with Gasteiger partial charge in [-0.1, -0.05) is 29.8 Å². The Kier molecular flexibility index (Phi) is 3.93. The molecule has 1 unspecified atom stereocenters. The molecular weight excluding hydrogens is 252 g/mol.